The van der Waals surface area contributed by atoms with Gasteiger partial charge in [-0.2, -0.15) is 0 Å². The molecule has 1 saturated carbocycles. The van der Waals surface area contributed by atoms with Gasteiger partial charge in [0.2, 0.25) is 0 Å². The van der Waals surface area contributed by atoms with Gasteiger partial charge in [-0.1, -0.05) is 37.8 Å². The maximum Gasteiger partial charge on any atom is 0.331 e. The first-order valence-corrected chi connectivity index (χ1v) is 7.80. The second-order valence-electron chi connectivity index (χ2n) is 6.37. The minimum Gasteiger partial charge on any atom is -0.481 e. The highest BCUT2D eigenvalue weighted by atomic mass is 16.4. The van der Waals surface area contributed by atoms with Gasteiger partial charge in [-0.05, 0) is 38.2 Å². The van der Waals surface area contributed by atoms with Crippen molar-refractivity contribution in [3.63, 3.8) is 0 Å². The monoisotopic (exact) mass is 292 g/mol. The Morgan fingerprint density at radius 3 is 2.33 bits per heavy atom. The van der Waals surface area contributed by atoms with Crippen molar-refractivity contribution in [2.24, 2.45) is 17.3 Å². The molecule has 4 nitrogen and oxygen atoms in total. The van der Waals surface area contributed by atoms with E-state index in [9.17, 15) is 19.8 Å². The minimum absolute atomic E-state index is 0.154. The Kier molecular flexibility index (Phi) is 4.55. The van der Waals surface area contributed by atoms with Crippen LogP contribution in [0.4, 0.5) is 0 Å². The van der Waals surface area contributed by atoms with Crippen molar-refractivity contribution in [1.29, 1.82) is 0 Å². The van der Waals surface area contributed by atoms with E-state index in [1.807, 2.05) is 6.92 Å². The SMILES string of the molecule is CCC1(C(=O)O)C=C(C)C=C(C(=O)O)C1C1CCCCC1. The second kappa shape index (κ2) is 6.04. The molecule has 0 bridgehead atoms. The largest absolute Gasteiger partial charge is 0.481 e. The van der Waals surface area contributed by atoms with Crippen LogP contribution in [0.25, 0.3) is 0 Å². The molecule has 0 aromatic heterocycles. The normalized spacial score (nSPS) is 30.5. The molecule has 2 aliphatic rings. The van der Waals surface area contributed by atoms with Crippen molar-refractivity contribution in [3.8, 4) is 0 Å². The Morgan fingerprint density at radius 2 is 1.86 bits per heavy atom. The fourth-order valence-electron chi connectivity index (χ4n) is 4.16. The standard InChI is InChI=1S/C17H24O4/c1-3-17(16(20)21)10-11(2)9-13(15(18)19)14(17)12-7-5-4-6-8-12/h9-10,12,14H,3-8H2,1-2H3,(H,18,19)(H,20,21). The smallest absolute Gasteiger partial charge is 0.331 e. The first-order chi connectivity index (χ1) is 9.92. The van der Waals surface area contributed by atoms with Crippen molar-refractivity contribution >= 4 is 11.9 Å². The van der Waals surface area contributed by atoms with E-state index >= 15 is 0 Å². The van der Waals surface area contributed by atoms with E-state index < -0.39 is 23.3 Å². The Bertz CT molecular complexity index is 497. The van der Waals surface area contributed by atoms with Crippen LogP contribution < -0.4 is 0 Å². The van der Waals surface area contributed by atoms with E-state index in [4.69, 9.17) is 0 Å². The van der Waals surface area contributed by atoms with Crippen LogP contribution in [0.5, 0.6) is 0 Å². The zero-order valence-electron chi connectivity index (χ0n) is 12.8. The van der Waals surface area contributed by atoms with Crippen molar-refractivity contribution in [2.75, 3.05) is 0 Å². The molecule has 0 amide bonds. The second-order valence-corrected chi connectivity index (χ2v) is 6.37. The van der Waals surface area contributed by atoms with Crippen LogP contribution in [0.3, 0.4) is 0 Å². The minimum atomic E-state index is -1.07. The summed E-state index contributed by atoms with van der Waals surface area (Å²) >= 11 is 0. The molecular formula is C17H24O4. The van der Waals surface area contributed by atoms with Crippen LogP contribution in [0, 0.1) is 17.3 Å². The third-order valence-corrected chi connectivity index (χ3v) is 5.11. The van der Waals surface area contributed by atoms with Gasteiger partial charge in [-0.25, -0.2) is 4.79 Å². The molecule has 0 aromatic rings. The third-order valence-electron chi connectivity index (χ3n) is 5.11. The number of carboxylic acid groups (broad SMARTS) is 2. The van der Waals surface area contributed by atoms with E-state index in [2.05, 4.69) is 0 Å². The molecule has 116 valence electrons. The molecule has 2 aliphatic carbocycles. The molecule has 0 radical (unpaired) electrons. The molecule has 0 heterocycles. The molecular weight excluding hydrogens is 268 g/mol. The topological polar surface area (TPSA) is 74.6 Å². The van der Waals surface area contributed by atoms with Crippen LogP contribution >= 0.6 is 0 Å². The van der Waals surface area contributed by atoms with Gasteiger partial charge in [0.05, 0.1) is 5.41 Å². The van der Waals surface area contributed by atoms with Crippen LogP contribution in [0.1, 0.15) is 52.4 Å². The summed E-state index contributed by atoms with van der Waals surface area (Å²) in [6.07, 6.45) is 9.02. The van der Waals surface area contributed by atoms with Crippen LogP contribution in [0.2, 0.25) is 0 Å². The molecule has 2 unspecified atom stereocenters. The number of aliphatic carboxylic acids is 2. The Hall–Kier alpha value is -1.58. The van der Waals surface area contributed by atoms with Crippen molar-refractivity contribution in [1.82, 2.24) is 0 Å². The molecule has 2 N–H and O–H groups in total. The summed E-state index contributed by atoms with van der Waals surface area (Å²) in [6, 6.07) is 0. The highest BCUT2D eigenvalue weighted by molar-refractivity contribution is 5.91. The van der Waals surface area contributed by atoms with Gasteiger partial charge in [0.25, 0.3) is 0 Å². The molecule has 0 aromatic carbocycles. The maximum atomic E-state index is 12.0. The number of hydrogen-bond acceptors (Lipinski definition) is 2. The lowest BCUT2D eigenvalue weighted by Crippen LogP contribution is -2.45. The first kappa shape index (κ1) is 15.8. The van der Waals surface area contributed by atoms with Crippen molar-refractivity contribution in [2.45, 2.75) is 52.4 Å². The summed E-state index contributed by atoms with van der Waals surface area (Å²) in [7, 11) is 0. The van der Waals surface area contributed by atoms with E-state index in [0.717, 1.165) is 37.7 Å². The van der Waals surface area contributed by atoms with Gasteiger partial charge in [0.15, 0.2) is 0 Å². The average Bonchev–Trinajstić information content (AvgIpc) is 2.46. The number of carbonyl (C=O) groups is 2. The van der Waals surface area contributed by atoms with Gasteiger partial charge >= 0.3 is 11.9 Å². The summed E-state index contributed by atoms with van der Waals surface area (Å²) in [5, 5.41) is 19.4. The van der Waals surface area contributed by atoms with Gasteiger partial charge in [-0.15, -0.1) is 0 Å². The predicted molar refractivity (Wildman–Crippen MR) is 79.9 cm³/mol. The highest BCUT2D eigenvalue weighted by Crippen LogP contribution is 2.50. The molecule has 2 rings (SSSR count). The number of allylic oxidation sites excluding steroid dienone is 2. The Morgan fingerprint density at radius 1 is 1.24 bits per heavy atom. The van der Waals surface area contributed by atoms with Crippen LogP contribution in [-0.2, 0) is 9.59 Å². The molecule has 1 fully saturated rings. The van der Waals surface area contributed by atoms with Gasteiger partial charge in [0.1, 0.15) is 0 Å². The molecule has 21 heavy (non-hydrogen) atoms. The average molecular weight is 292 g/mol. The van der Waals surface area contributed by atoms with Crippen LogP contribution in [-0.4, -0.2) is 22.2 Å². The van der Waals surface area contributed by atoms with E-state index in [0.29, 0.717) is 6.42 Å². The van der Waals surface area contributed by atoms with Gasteiger partial charge in [0, 0.05) is 11.5 Å². The zero-order chi connectivity index (χ0) is 15.6. The lowest BCUT2D eigenvalue weighted by Gasteiger charge is -2.43. The lowest BCUT2D eigenvalue weighted by molar-refractivity contribution is -0.150. The fourth-order valence-corrected chi connectivity index (χ4v) is 4.16. The van der Waals surface area contributed by atoms with Gasteiger partial charge in [-0.3, -0.25) is 4.79 Å². The van der Waals surface area contributed by atoms with Crippen molar-refractivity contribution in [3.05, 3.63) is 23.3 Å². The lowest BCUT2D eigenvalue weighted by atomic mass is 9.59. The summed E-state index contributed by atoms with van der Waals surface area (Å²) in [5.41, 5.74) is -0.0518. The summed E-state index contributed by atoms with van der Waals surface area (Å²) < 4.78 is 0. The van der Waals surface area contributed by atoms with Gasteiger partial charge < -0.3 is 10.2 Å². The quantitative estimate of drug-likeness (QED) is 0.829. The summed E-state index contributed by atoms with van der Waals surface area (Å²) in [6.45, 7) is 3.63. The zero-order valence-corrected chi connectivity index (χ0v) is 12.8. The summed E-state index contributed by atoms with van der Waals surface area (Å²) in [4.78, 5) is 23.7. The van der Waals surface area contributed by atoms with E-state index in [1.165, 1.54) is 0 Å². The Labute approximate surface area is 125 Å². The molecule has 4 heteroatoms. The maximum absolute atomic E-state index is 12.0. The van der Waals surface area contributed by atoms with E-state index in [-0.39, 0.29) is 11.5 Å². The molecule has 2 atom stereocenters. The summed E-state index contributed by atoms with van der Waals surface area (Å²) in [5.74, 6) is -2.13. The molecule has 0 saturated heterocycles. The predicted octanol–water partition coefficient (Wildman–Crippen LogP) is 3.63. The first-order valence-electron chi connectivity index (χ1n) is 7.80. The number of rotatable bonds is 4. The van der Waals surface area contributed by atoms with Crippen molar-refractivity contribution < 1.29 is 19.8 Å². The fraction of sp³-hybridized carbons (Fsp3) is 0.647. The molecule has 0 aliphatic heterocycles. The molecule has 0 spiro atoms. The van der Waals surface area contributed by atoms with E-state index in [1.54, 1.807) is 19.1 Å². The number of hydrogen-bond donors (Lipinski definition) is 2. The Balaban J connectivity index is 2.52. The number of carboxylic acids is 2. The van der Waals surface area contributed by atoms with Crippen LogP contribution in [0.15, 0.2) is 23.3 Å². The highest BCUT2D eigenvalue weighted by Gasteiger charge is 2.50. The third kappa shape index (κ3) is 2.76.